The average molecular weight is 573 g/mol. The summed E-state index contributed by atoms with van der Waals surface area (Å²) in [6, 6.07) is 13.5. The molecular formula is C25H18F2IN3O3. The van der Waals surface area contributed by atoms with Crippen LogP contribution in [0.2, 0.25) is 0 Å². The highest BCUT2D eigenvalue weighted by molar-refractivity contribution is 14.1. The smallest absolute Gasteiger partial charge is 0.252 e. The van der Waals surface area contributed by atoms with Gasteiger partial charge in [0.1, 0.15) is 23.1 Å². The number of ether oxygens (including phenoxy) is 1. The molecule has 1 aromatic heterocycles. The minimum absolute atomic E-state index is 0.0424. The summed E-state index contributed by atoms with van der Waals surface area (Å²) in [5, 5.41) is 6.36. The Morgan fingerprint density at radius 1 is 1.06 bits per heavy atom. The van der Waals surface area contributed by atoms with Crippen molar-refractivity contribution in [1.82, 2.24) is 10.2 Å². The van der Waals surface area contributed by atoms with Crippen molar-refractivity contribution in [3.05, 3.63) is 110 Å². The van der Waals surface area contributed by atoms with E-state index in [2.05, 4.69) is 10.2 Å². The number of carbonyl (C=O) groups is 2. The summed E-state index contributed by atoms with van der Waals surface area (Å²) < 4.78 is 35.4. The molecule has 3 N–H and O–H groups in total. The number of nitrogens with zero attached hydrogens (tertiary/aromatic N) is 1. The highest BCUT2D eigenvalue weighted by atomic mass is 127. The largest absolute Gasteiger partial charge is 0.456 e. The summed E-state index contributed by atoms with van der Waals surface area (Å²) >= 11 is 1.99. The van der Waals surface area contributed by atoms with Crippen molar-refractivity contribution in [2.24, 2.45) is 5.73 Å². The Morgan fingerprint density at radius 2 is 1.88 bits per heavy atom. The third-order valence-electron chi connectivity index (χ3n) is 5.10. The van der Waals surface area contributed by atoms with Gasteiger partial charge in [0.05, 0.1) is 17.3 Å². The second kappa shape index (κ2) is 10.1. The lowest BCUT2D eigenvalue weighted by Gasteiger charge is -2.15. The number of hydrogen-bond donors (Lipinski definition) is 2. The zero-order valence-electron chi connectivity index (χ0n) is 17.6. The molecule has 0 fully saturated rings. The third-order valence-corrected chi connectivity index (χ3v) is 5.77. The summed E-state index contributed by atoms with van der Waals surface area (Å²) in [7, 11) is 0. The Hall–Kier alpha value is -3.60. The van der Waals surface area contributed by atoms with Crippen LogP contribution in [0.5, 0.6) is 11.5 Å². The number of aromatic amines is 1. The molecule has 6 nitrogen and oxygen atoms in total. The molecule has 3 aromatic carbocycles. The SMILES string of the molecule is NC(=O)c1c(Cc2ccc(I)cc2F)cc(F)cc1Oc1cccc(CC(=O)c2cn[nH]c2)c1. The molecule has 4 rings (SSSR count). The molecule has 0 aliphatic rings. The topological polar surface area (TPSA) is 98.1 Å². The molecule has 172 valence electrons. The molecule has 0 bridgehead atoms. The predicted molar refractivity (Wildman–Crippen MR) is 130 cm³/mol. The fraction of sp³-hybridized carbons (Fsp3) is 0.0800. The van der Waals surface area contributed by atoms with Gasteiger partial charge in [0.25, 0.3) is 5.91 Å². The van der Waals surface area contributed by atoms with Crippen molar-refractivity contribution in [1.29, 1.82) is 0 Å². The van der Waals surface area contributed by atoms with E-state index < -0.39 is 17.5 Å². The highest BCUT2D eigenvalue weighted by Gasteiger charge is 2.20. The molecule has 0 spiro atoms. The van der Waals surface area contributed by atoms with Crippen LogP contribution < -0.4 is 10.5 Å². The van der Waals surface area contributed by atoms with E-state index in [1.54, 1.807) is 36.4 Å². The zero-order chi connectivity index (χ0) is 24.2. The van der Waals surface area contributed by atoms with E-state index in [-0.39, 0.29) is 41.3 Å². The molecule has 0 unspecified atom stereocenters. The van der Waals surface area contributed by atoms with Gasteiger partial charge in [-0.05, 0) is 69.6 Å². The number of amides is 1. The van der Waals surface area contributed by atoms with Crippen LogP contribution in [0.1, 0.15) is 37.4 Å². The van der Waals surface area contributed by atoms with Crippen molar-refractivity contribution in [3.63, 3.8) is 0 Å². The molecule has 0 aliphatic carbocycles. The number of nitrogens with two attached hydrogens (primary N) is 1. The van der Waals surface area contributed by atoms with Crippen LogP contribution in [-0.2, 0) is 12.8 Å². The Balaban J connectivity index is 1.64. The molecule has 34 heavy (non-hydrogen) atoms. The molecule has 0 saturated heterocycles. The van der Waals surface area contributed by atoms with Crippen molar-refractivity contribution in [2.75, 3.05) is 0 Å². The number of hydrogen-bond acceptors (Lipinski definition) is 4. The van der Waals surface area contributed by atoms with Crippen LogP contribution in [0.15, 0.2) is 67.0 Å². The molecule has 9 heteroatoms. The van der Waals surface area contributed by atoms with E-state index in [1.165, 1.54) is 18.5 Å². The molecule has 1 heterocycles. The number of H-pyrrole nitrogens is 1. The summed E-state index contributed by atoms with van der Waals surface area (Å²) in [4.78, 5) is 24.6. The molecule has 0 aliphatic heterocycles. The Morgan fingerprint density at radius 3 is 2.59 bits per heavy atom. The lowest BCUT2D eigenvalue weighted by atomic mass is 9.98. The van der Waals surface area contributed by atoms with Gasteiger partial charge in [0.15, 0.2) is 5.78 Å². The number of nitrogens with one attached hydrogen (secondary N) is 1. The van der Waals surface area contributed by atoms with E-state index in [0.29, 0.717) is 20.3 Å². The molecule has 0 saturated carbocycles. The first-order chi connectivity index (χ1) is 16.3. The Bertz CT molecular complexity index is 1370. The monoisotopic (exact) mass is 573 g/mol. The summed E-state index contributed by atoms with van der Waals surface area (Å²) in [5.41, 5.74) is 7.15. The maximum absolute atomic E-state index is 14.5. The first-order valence-electron chi connectivity index (χ1n) is 10.1. The summed E-state index contributed by atoms with van der Waals surface area (Å²) in [6.45, 7) is 0. The number of aromatic nitrogens is 2. The maximum atomic E-state index is 14.5. The fourth-order valence-corrected chi connectivity index (χ4v) is 4.00. The minimum Gasteiger partial charge on any atom is -0.456 e. The quantitative estimate of drug-likeness (QED) is 0.224. The van der Waals surface area contributed by atoms with Crippen LogP contribution >= 0.6 is 22.6 Å². The minimum atomic E-state index is -0.831. The first-order valence-corrected chi connectivity index (χ1v) is 11.2. The van der Waals surface area contributed by atoms with Gasteiger partial charge in [0, 0.05) is 28.7 Å². The number of primary amides is 1. The van der Waals surface area contributed by atoms with Crippen molar-refractivity contribution < 1.29 is 23.1 Å². The van der Waals surface area contributed by atoms with Gasteiger partial charge >= 0.3 is 0 Å². The zero-order valence-corrected chi connectivity index (χ0v) is 19.8. The standard InChI is InChI=1S/C25H18F2IN3O3/c26-18-9-16(8-15-4-5-19(28)11-21(15)27)24(25(29)33)23(10-18)34-20-3-1-2-14(6-20)7-22(32)17-12-30-31-13-17/h1-6,9-13H,7-8H2,(H2,29,33)(H,30,31). The average Bonchev–Trinajstić information content (AvgIpc) is 3.31. The van der Waals surface area contributed by atoms with E-state index in [4.69, 9.17) is 10.5 Å². The maximum Gasteiger partial charge on any atom is 0.252 e. The van der Waals surface area contributed by atoms with Gasteiger partial charge in [-0.15, -0.1) is 0 Å². The second-order valence-corrected chi connectivity index (χ2v) is 8.80. The second-order valence-electron chi connectivity index (χ2n) is 7.55. The van der Waals surface area contributed by atoms with Crippen molar-refractivity contribution in [3.8, 4) is 11.5 Å². The van der Waals surface area contributed by atoms with Crippen LogP contribution in [0.4, 0.5) is 8.78 Å². The fourth-order valence-electron chi connectivity index (χ4n) is 3.54. The highest BCUT2D eigenvalue weighted by Crippen LogP contribution is 2.31. The normalized spacial score (nSPS) is 10.8. The van der Waals surface area contributed by atoms with Crippen LogP contribution in [-0.4, -0.2) is 21.9 Å². The number of benzene rings is 3. The molecule has 0 atom stereocenters. The van der Waals surface area contributed by atoms with Crippen LogP contribution in [0, 0.1) is 15.2 Å². The number of carbonyl (C=O) groups excluding carboxylic acids is 2. The first kappa shape index (κ1) is 23.6. The number of Topliss-reactive ketones (excluding diaryl/α,β-unsaturated/α-hetero) is 1. The third kappa shape index (κ3) is 5.48. The van der Waals surface area contributed by atoms with Crippen LogP contribution in [0.25, 0.3) is 0 Å². The van der Waals surface area contributed by atoms with Gasteiger partial charge in [-0.25, -0.2) is 8.78 Å². The van der Waals surface area contributed by atoms with Gasteiger partial charge < -0.3 is 10.5 Å². The lowest BCUT2D eigenvalue weighted by molar-refractivity contribution is 0.0986. The number of halogens is 3. The van der Waals surface area contributed by atoms with Gasteiger partial charge in [-0.3, -0.25) is 14.7 Å². The molecular weight excluding hydrogens is 555 g/mol. The predicted octanol–water partition coefficient (Wildman–Crippen LogP) is 5.20. The van der Waals surface area contributed by atoms with Gasteiger partial charge in [-0.1, -0.05) is 18.2 Å². The van der Waals surface area contributed by atoms with E-state index in [1.807, 2.05) is 22.6 Å². The molecule has 1 amide bonds. The molecule has 0 radical (unpaired) electrons. The number of ketones is 1. The Kier molecular flexibility index (Phi) is 7.01. The number of rotatable bonds is 8. The summed E-state index contributed by atoms with van der Waals surface area (Å²) in [5.74, 6) is -1.90. The Labute approximate surface area is 207 Å². The van der Waals surface area contributed by atoms with E-state index in [9.17, 15) is 18.4 Å². The summed E-state index contributed by atoms with van der Waals surface area (Å²) in [6.07, 6.45) is 2.99. The van der Waals surface area contributed by atoms with Gasteiger partial charge in [-0.2, -0.15) is 5.10 Å². The lowest BCUT2D eigenvalue weighted by Crippen LogP contribution is -2.16. The van der Waals surface area contributed by atoms with Crippen LogP contribution in [0.3, 0.4) is 0 Å². The van der Waals surface area contributed by atoms with Crippen molar-refractivity contribution >= 4 is 34.3 Å². The van der Waals surface area contributed by atoms with Crippen molar-refractivity contribution in [2.45, 2.75) is 12.8 Å². The van der Waals surface area contributed by atoms with E-state index in [0.717, 1.165) is 12.1 Å². The molecule has 4 aromatic rings. The van der Waals surface area contributed by atoms with E-state index >= 15 is 0 Å². The van der Waals surface area contributed by atoms with Gasteiger partial charge in [0.2, 0.25) is 0 Å².